The van der Waals surface area contributed by atoms with E-state index in [0.29, 0.717) is 0 Å². The molecule has 0 amide bonds. The highest BCUT2D eigenvalue weighted by Crippen LogP contribution is 2.33. The molecule has 0 aliphatic carbocycles. The average molecular weight is 340 g/mol. The van der Waals surface area contributed by atoms with Crippen LogP contribution in [0.3, 0.4) is 0 Å². The lowest BCUT2D eigenvalue weighted by Gasteiger charge is -2.11. The summed E-state index contributed by atoms with van der Waals surface area (Å²) in [6, 6.07) is 8.63. The topological polar surface area (TPSA) is 63.6 Å². The van der Waals surface area contributed by atoms with E-state index in [2.05, 4.69) is 24.3 Å². The molecule has 21 heavy (non-hydrogen) atoms. The van der Waals surface area contributed by atoms with Gasteiger partial charge in [-0.25, -0.2) is 0 Å². The van der Waals surface area contributed by atoms with E-state index < -0.39 is 15.6 Å². The van der Waals surface area contributed by atoms with Crippen LogP contribution in [0, 0.1) is 0 Å². The van der Waals surface area contributed by atoms with E-state index in [1.165, 1.54) is 20.5 Å². The summed E-state index contributed by atoms with van der Waals surface area (Å²) in [5, 5.41) is 1.44. The Balaban J connectivity index is 0.000000177. The van der Waals surface area contributed by atoms with Gasteiger partial charge in [-0.15, -0.1) is 11.3 Å². The van der Waals surface area contributed by atoms with Crippen LogP contribution in [-0.2, 0) is 27.9 Å². The summed E-state index contributed by atoms with van der Waals surface area (Å²) >= 11 is 1.87. The molecule has 1 N–H and O–H groups in total. The Bertz CT molecular complexity index is 735. The second-order valence-electron chi connectivity index (χ2n) is 4.22. The zero-order valence-corrected chi connectivity index (χ0v) is 12.2. The minimum Gasteiger partial charge on any atom is -0.376 e. The zero-order chi connectivity index (χ0) is 15.7. The molecule has 2 heterocycles. The summed E-state index contributed by atoms with van der Waals surface area (Å²) in [4.78, 5) is 1.42. The van der Waals surface area contributed by atoms with Gasteiger partial charge in [-0.2, -0.15) is 21.6 Å². The van der Waals surface area contributed by atoms with Gasteiger partial charge in [-0.3, -0.25) is 4.55 Å². The van der Waals surface area contributed by atoms with Crippen LogP contribution >= 0.6 is 11.3 Å². The quantitative estimate of drug-likeness (QED) is 0.590. The van der Waals surface area contributed by atoms with Gasteiger partial charge in [0.1, 0.15) is 0 Å². The van der Waals surface area contributed by atoms with Gasteiger partial charge >= 0.3 is 15.6 Å². The molecule has 0 bridgehead atoms. The maximum Gasteiger partial charge on any atom is 0.522 e. The van der Waals surface area contributed by atoms with Gasteiger partial charge in [0, 0.05) is 9.58 Å². The molecule has 0 atom stereocenters. The van der Waals surface area contributed by atoms with Crippen molar-refractivity contribution in [2.24, 2.45) is 0 Å². The van der Waals surface area contributed by atoms with Gasteiger partial charge in [0.15, 0.2) is 0 Å². The minimum atomic E-state index is -5.84. The molecule has 3 rings (SSSR count). The van der Waals surface area contributed by atoms with Gasteiger partial charge < -0.3 is 4.74 Å². The van der Waals surface area contributed by atoms with Crippen molar-refractivity contribution in [3.05, 3.63) is 34.7 Å². The van der Waals surface area contributed by atoms with Crippen LogP contribution in [0.5, 0.6) is 0 Å². The molecular weight excluding hydrogens is 329 g/mol. The van der Waals surface area contributed by atoms with Crippen molar-refractivity contribution in [1.82, 2.24) is 0 Å². The molecule has 1 aromatic heterocycles. The molecule has 0 saturated carbocycles. The van der Waals surface area contributed by atoms with Crippen molar-refractivity contribution in [3.63, 3.8) is 0 Å². The molecule has 0 spiro atoms. The van der Waals surface area contributed by atoms with E-state index in [1.54, 1.807) is 0 Å². The molecule has 2 aromatic rings. The summed E-state index contributed by atoms with van der Waals surface area (Å²) < 4.78 is 64.4. The second kappa shape index (κ2) is 5.91. The standard InChI is InChI=1S/C11H10OS.CHF3O3S/c1-2-4-10-8(3-1)9-5-6-12-7-11(9)13-10;2-1(3,4)8(5,6)7/h1-4H,5-7H2;(H,5,6,7). The Morgan fingerprint density at radius 1 is 1.24 bits per heavy atom. The lowest BCUT2D eigenvalue weighted by atomic mass is 10.1. The molecule has 0 radical (unpaired) electrons. The maximum atomic E-state index is 10.7. The number of thiophene rings is 1. The average Bonchev–Trinajstić information content (AvgIpc) is 2.75. The Kier molecular flexibility index (Phi) is 4.57. The van der Waals surface area contributed by atoms with E-state index >= 15 is 0 Å². The monoisotopic (exact) mass is 340 g/mol. The third-order valence-corrected chi connectivity index (χ3v) is 4.58. The molecule has 0 saturated heterocycles. The lowest BCUT2D eigenvalue weighted by Crippen LogP contribution is -2.21. The predicted octanol–water partition coefficient (Wildman–Crippen LogP) is 3.37. The summed E-state index contributed by atoms with van der Waals surface area (Å²) in [6.45, 7) is 1.70. The summed E-state index contributed by atoms with van der Waals surface area (Å²) in [5.41, 5.74) is -4.01. The first kappa shape index (κ1) is 16.2. The number of ether oxygens (including phenoxy) is 1. The van der Waals surface area contributed by atoms with Crippen molar-refractivity contribution in [2.45, 2.75) is 18.5 Å². The van der Waals surface area contributed by atoms with Crippen molar-refractivity contribution in [3.8, 4) is 0 Å². The number of benzene rings is 1. The van der Waals surface area contributed by atoms with Crippen LogP contribution in [-0.4, -0.2) is 25.1 Å². The van der Waals surface area contributed by atoms with E-state index in [9.17, 15) is 13.2 Å². The summed E-state index contributed by atoms with van der Waals surface area (Å²) in [7, 11) is -5.84. The third kappa shape index (κ3) is 3.73. The van der Waals surface area contributed by atoms with Crippen molar-refractivity contribution < 1.29 is 30.9 Å². The Morgan fingerprint density at radius 3 is 2.48 bits per heavy atom. The van der Waals surface area contributed by atoms with Crippen molar-refractivity contribution in [2.75, 3.05) is 6.61 Å². The molecule has 0 fully saturated rings. The minimum absolute atomic E-state index is 0.814. The van der Waals surface area contributed by atoms with E-state index in [-0.39, 0.29) is 0 Å². The normalized spacial score (nSPS) is 15.2. The van der Waals surface area contributed by atoms with Crippen LogP contribution in [0.25, 0.3) is 10.1 Å². The number of rotatable bonds is 0. The number of fused-ring (bicyclic) bond motifs is 3. The van der Waals surface area contributed by atoms with E-state index in [1.807, 2.05) is 11.3 Å². The lowest BCUT2D eigenvalue weighted by molar-refractivity contribution is -0.0510. The highest BCUT2D eigenvalue weighted by atomic mass is 32.2. The SMILES string of the molecule is O=S(=O)(O)C(F)(F)F.c1ccc2c3c(sc2c1)COCC3. The second-order valence-corrected chi connectivity index (χ2v) is 6.77. The van der Waals surface area contributed by atoms with E-state index in [4.69, 9.17) is 17.7 Å². The number of hydrogen-bond donors (Lipinski definition) is 1. The fourth-order valence-corrected chi connectivity index (χ4v) is 3.07. The molecule has 0 unspecified atom stereocenters. The summed E-state index contributed by atoms with van der Waals surface area (Å²) in [5.74, 6) is 0. The van der Waals surface area contributed by atoms with Crippen LogP contribution in [0.15, 0.2) is 24.3 Å². The van der Waals surface area contributed by atoms with Gasteiger partial charge in [0.05, 0.1) is 13.2 Å². The zero-order valence-electron chi connectivity index (χ0n) is 10.6. The molecule has 1 aliphatic heterocycles. The molecule has 4 nitrogen and oxygen atoms in total. The van der Waals surface area contributed by atoms with Crippen molar-refractivity contribution >= 4 is 31.5 Å². The van der Waals surface area contributed by atoms with Crippen molar-refractivity contribution in [1.29, 1.82) is 0 Å². The molecular formula is C12H11F3O4S2. The van der Waals surface area contributed by atoms with Gasteiger partial charge in [-0.05, 0) is 23.4 Å². The fourth-order valence-electron chi connectivity index (χ4n) is 1.88. The first-order valence-electron chi connectivity index (χ1n) is 5.81. The van der Waals surface area contributed by atoms with Gasteiger partial charge in [0.25, 0.3) is 0 Å². The van der Waals surface area contributed by atoms with E-state index in [0.717, 1.165) is 19.6 Å². The fraction of sp³-hybridized carbons (Fsp3) is 0.333. The highest BCUT2D eigenvalue weighted by Gasteiger charge is 2.44. The third-order valence-electron chi connectivity index (χ3n) is 2.80. The number of halogens is 3. The molecule has 1 aliphatic rings. The predicted molar refractivity (Wildman–Crippen MR) is 72.8 cm³/mol. The number of hydrogen-bond acceptors (Lipinski definition) is 4. The summed E-state index contributed by atoms with van der Waals surface area (Å²) in [6.07, 6.45) is 1.08. The maximum absolute atomic E-state index is 10.7. The largest absolute Gasteiger partial charge is 0.522 e. The Hall–Kier alpha value is -1.16. The first-order chi connectivity index (χ1) is 9.70. The molecule has 1 aromatic carbocycles. The van der Waals surface area contributed by atoms with Crippen LogP contribution in [0.2, 0.25) is 0 Å². The molecule has 116 valence electrons. The van der Waals surface area contributed by atoms with Crippen LogP contribution < -0.4 is 0 Å². The molecule has 9 heteroatoms. The van der Waals surface area contributed by atoms with Gasteiger partial charge in [0.2, 0.25) is 0 Å². The van der Waals surface area contributed by atoms with Gasteiger partial charge in [-0.1, -0.05) is 18.2 Å². The van der Waals surface area contributed by atoms with Crippen LogP contribution in [0.4, 0.5) is 13.2 Å². The first-order valence-corrected chi connectivity index (χ1v) is 8.06. The Labute approximate surface area is 122 Å². The highest BCUT2D eigenvalue weighted by molar-refractivity contribution is 7.86. The smallest absolute Gasteiger partial charge is 0.376 e. The van der Waals surface area contributed by atoms with Crippen LogP contribution in [0.1, 0.15) is 10.4 Å². The Morgan fingerprint density at radius 2 is 1.86 bits per heavy atom. The number of alkyl halides is 3.